The van der Waals surface area contributed by atoms with Crippen molar-refractivity contribution < 1.29 is 13.5 Å². The first-order chi connectivity index (χ1) is 12.0. The van der Waals surface area contributed by atoms with E-state index in [1.54, 1.807) is 42.5 Å². The number of allylic oxidation sites excluding steroid dienone is 2. The molecular weight excluding hydrogens is 332 g/mol. The molecule has 1 saturated carbocycles. The van der Waals surface area contributed by atoms with E-state index >= 15 is 0 Å². The van der Waals surface area contributed by atoms with E-state index in [1.165, 1.54) is 0 Å². The lowest BCUT2D eigenvalue weighted by molar-refractivity contribution is 0.127. The molecule has 4 heteroatoms. The van der Waals surface area contributed by atoms with Gasteiger partial charge in [0, 0.05) is 5.92 Å². The highest BCUT2D eigenvalue weighted by atomic mass is 32.2. The minimum absolute atomic E-state index is 0.00171. The third kappa shape index (κ3) is 2.11. The Morgan fingerprint density at radius 1 is 1.00 bits per heavy atom. The van der Waals surface area contributed by atoms with Gasteiger partial charge in [-0.3, -0.25) is 0 Å². The number of hydrogen-bond donors (Lipinski definition) is 1. The van der Waals surface area contributed by atoms with E-state index in [9.17, 15) is 13.5 Å². The van der Waals surface area contributed by atoms with Gasteiger partial charge in [0.05, 0.1) is 4.90 Å². The maximum atomic E-state index is 13.7. The molecule has 3 nitrogen and oxygen atoms in total. The summed E-state index contributed by atoms with van der Waals surface area (Å²) in [7, 11) is -3.83. The van der Waals surface area contributed by atoms with Crippen LogP contribution in [0.15, 0.2) is 89.9 Å². The summed E-state index contributed by atoms with van der Waals surface area (Å²) >= 11 is 0. The molecule has 0 spiro atoms. The third-order valence-corrected chi connectivity index (χ3v) is 8.17. The predicted octanol–water partition coefficient (Wildman–Crippen LogP) is 3.69. The maximum absolute atomic E-state index is 13.7. The molecule has 2 bridgehead atoms. The normalized spacial score (nSPS) is 29.1. The van der Waals surface area contributed by atoms with Gasteiger partial charge >= 0.3 is 0 Å². The van der Waals surface area contributed by atoms with Crippen LogP contribution < -0.4 is 0 Å². The van der Waals surface area contributed by atoms with Crippen LogP contribution in [-0.2, 0) is 9.84 Å². The summed E-state index contributed by atoms with van der Waals surface area (Å²) in [6.07, 6.45) is 3.48. The number of benzene rings is 2. The third-order valence-electron chi connectivity index (χ3n) is 5.60. The van der Waals surface area contributed by atoms with Crippen molar-refractivity contribution in [2.24, 2.45) is 11.8 Å². The Bertz CT molecular complexity index is 932. The molecule has 2 aliphatic carbocycles. The van der Waals surface area contributed by atoms with Gasteiger partial charge in [0.25, 0.3) is 0 Å². The number of rotatable bonds is 4. The second-order valence-electron chi connectivity index (χ2n) is 6.78. The van der Waals surface area contributed by atoms with Gasteiger partial charge in [0.1, 0.15) is 10.9 Å². The molecule has 0 aliphatic heterocycles. The highest BCUT2D eigenvalue weighted by Crippen LogP contribution is 2.60. The second-order valence-corrected chi connectivity index (χ2v) is 8.94. The molecule has 4 atom stereocenters. The number of aliphatic hydroxyl groups excluding tert-OH is 1. The first-order valence-corrected chi connectivity index (χ1v) is 9.88. The minimum Gasteiger partial charge on any atom is -0.386 e. The summed E-state index contributed by atoms with van der Waals surface area (Å²) in [5.41, 5.74) is 1.20. The van der Waals surface area contributed by atoms with Crippen molar-refractivity contribution in [2.75, 3.05) is 0 Å². The molecule has 2 aromatic rings. The van der Waals surface area contributed by atoms with Crippen molar-refractivity contribution in [1.82, 2.24) is 0 Å². The van der Waals surface area contributed by atoms with Crippen molar-refractivity contribution in [3.8, 4) is 0 Å². The van der Waals surface area contributed by atoms with Gasteiger partial charge < -0.3 is 5.11 Å². The summed E-state index contributed by atoms with van der Waals surface area (Å²) in [5, 5.41) is 11.3. The van der Waals surface area contributed by atoms with Crippen LogP contribution in [0.5, 0.6) is 0 Å². The summed E-state index contributed by atoms with van der Waals surface area (Å²) in [6.45, 7) is 4.14. The van der Waals surface area contributed by atoms with E-state index in [-0.39, 0.29) is 16.7 Å². The number of aliphatic hydroxyl groups is 1. The van der Waals surface area contributed by atoms with Crippen molar-refractivity contribution in [3.63, 3.8) is 0 Å². The molecule has 1 N–H and O–H groups in total. The fraction of sp³-hybridized carbons (Fsp3) is 0.238. The van der Waals surface area contributed by atoms with Gasteiger partial charge in [0.15, 0.2) is 9.84 Å². The molecule has 0 unspecified atom stereocenters. The molecular formula is C21H20O3S. The van der Waals surface area contributed by atoms with Gasteiger partial charge in [-0.2, -0.15) is 0 Å². The lowest BCUT2D eigenvalue weighted by Gasteiger charge is -2.40. The Morgan fingerprint density at radius 2 is 1.60 bits per heavy atom. The van der Waals surface area contributed by atoms with Crippen LogP contribution in [0.1, 0.15) is 18.1 Å². The lowest BCUT2D eigenvalue weighted by Crippen LogP contribution is -2.49. The molecule has 128 valence electrons. The molecule has 0 amide bonds. The van der Waals surface area contributed by atoms with Crippen LogP contribution in [0, 0.1) is 11.8 Å². The fourth-order valence-electron chi connectivity index (χ4n) is 4.38. The Labute approximate surface area is 148 Å². The second kappa shape index (κ2) is 5.68. The lowest BCUT2D eigenvalue weighted by atomic mass is 9.81. The zero-order chi connectivity index (χ0) is 17.7. The Hall–Kier alpha value is -2.17. The van der Waals surface area contributed by atoms with Crippen molar-refractivity contribution >= 4 is 9.84 Å². The minimum atomic E-state index is -3.83. The SMILES string of the molecule is C=C1[C@H]2C=C[C@H](C2)[C@@]1([C@@H](O)c1ccccc1)S(=O)(=O)c1ccccc1. The quantitative estimate of drug-likeness (QED) is 0.854. The molecule has 0 saturated heterocycles. The van der Waals surface area contributed by atoms with Crippen molar-refractivity contribution in [1.29, 1.82) is 0 Å². The summed E-state index contributed by atoms with van der Waals surface area (Å²) in [5.74, 6) is -0.271. The Kier molecular flexibility index (Phi) is 3.71. The predicted molar refractivity (Wildman–Crippen MR) is 97.6 cm³/mol. The summed E-state index contributed by atoms with van der Waals surface area (Å²) in [4.78, 5) is 0.229. The monoisotopic (exact) mass is 352 g/mol. The summed E-state index contributed by atoms with van der Waals surface area (Å²) < 4.78 is 26.0. The maximum Gasteiger partial charge on any atom is 0.191 e. The van der Waals surface area contributed by atoms with Gasteiger partial charge in [0.2, 0.25) is 0 Å². The molecule has 0 heterocycles. The zero-order valence-corrected chi connectivity index (χ0v) is 14.6. The van der Waals surface area contributed by atoms with Crippen LogP contribution >= 0.6 is 0 Å². The summed E-state index contributed by atoms with van der Waals surface area (Å²) in [6, 6.07) is 17.4. The van der Waals surface area contributed by atoms with Gasteiger partial charge in [-0.1, -0.05) is 67.3 Å². The fourth-order valence-corrected chi connectivity index (χ4v) is 6.78. The number of fused-ring (bicyclic) bond motifs is 2. The molecule has 1 fully saturated rings. The van der Waals surface area contributed by atoms with E-state index < -0.39 is 20.7 Å². The molecule has 25 heavy (non-hydrogen) atoms. The van der Waals surface area contributed by atoms with E-state index in [4.69, 9.17) is 0 Å². The van der Waals surface area contributed by atoms with Gasteiger partial charge in [-0.05, 0) is 35.6 Å². The zero-order valence-electron chi connectivity index (χ0n) is 13.7. The van der Waals surface area contributed by atoms with Crippen LogP contribution in [0.25, 0.3) is 0 Å². The first kappa shape index (κ1) is 16.3. The molecule has 0 radical (unpaired) electrons. The number of hydrogen-bond acceptors (Lipinski definition) is 3. The topological polar surface area (TPSA) is 54.4 Å². The van der Waals surface area contributed by atoms with Gasteiger partial charge in [-0.25, -0.2) is 8.42 Å². The van der Waals surface area contributed by atoms with E-state index in [0.717, 1.165) is 0 Å². The van der Waals surface area contributed by atoms with E-state index in [0.29, 0.717) is 17.6 Å². The molecule has 0 aromatic heterocycles. The van der Waals surface area contributed by atoms with Crippen LogP contribution in [0.2, 0.25) is 0 Å². The largest absolute Gasteiger partial charge is 0.386 e. The van der Waals surface area contributed by atoms with Crippen LogP contribution in [0.3, 0.4) is 0 Å². The Balaban J connectivity index is 1.96. The van der Waals surface area contributed by atoms with Crippen LogP contribution in [0.4, 0.5) is 0 Å². The Morgan fingerprint density at radius 3 is 2.16 bits per heavy atom. The van der Waals surface area contributed by atoms with Crippen molar-refractivity contribution in [3.05, 3.63) is 90.5 Å². The standard InChI is InChI=1S/C21H20O3S/c1-15-17-12-13-18(14-17)21(15,20(22)16-8-4-2-5-9-16)25(23,24)19-10-6-3-7-11-19/h2-13,17-18,20,22H,1,14H2/t17-,18+,20-,21-/m0/s1. The molecule has 4 rings (SSSR count). The smallest absolute Gasteiger partial charge is 0.191 e. The number of sulfone groups is 1. The van der Waals surface area contributed by atoms with Gasteiger partial charge in [-0.15, -0.1) is 0 Å². The first-order valence-electron chi connectivity index (χ1n) is 8.40. The van der Waals surface area contributed by atoms with Crippen LogP contribution in [-0.4, -0.2) is 18.3 Å². The highest BCUT2D eigenvalue weighted by molar-refractivity contribution is 7.93. The average molecular weight is 352 g/mol. The molecule has 2 aliphatic rings. The van der Waals surface area contributed by atoms with E-state index in [2.05, 4.69) is 6.58 Å². The van der Waals surface area contributed by atoms with Crippen molar-refractivity contribution in [2.45, 2.75) is 22.2 Å². The molecule has 2 aromatic carbocycles. The van der Waals surface area contributed by atoms with E-state index in [1.807, 2.05) is 30.4 Å². The highest BCUT2D eigenvalue weighted by Gasteiger charge is 2.63. The average Bonchev–Trinajstić information content (AvgIpc) is 3.23.